The van der Waals surface area contributed by atoms with Crippen molar-refractivity contribution in [1.82, 2.24) is 14.3 Å². The predicted octanol–water partition coefficient (Wildman–Crippen LogP) is 5.37. The highest BCUT2D eigenvalue weighted by molar-refractivity contribution is 6.32. The van der Waals surface area contributed by atoms with E-state index in [2.05, 4.69) is 11.4 Å². The van der Waals surface area contributed by atoms with Gasteiger partial charge in [0.2, 0.25) is 5.91 Å². The van der Waals surface area contributed by atoms with Gasteiger partial charge in [-0.1, -0.05) is 23.7 Å². The molecule has 2 heterocycles. The topological polar surface area (TPSA) is 78.2 Å². The molecule has 0 unspecified atom stereocenters. The van der Waals surface area contributed by atoms with Gasteiger partial charge in [0.05, 0.1) is 23.5 Å². The summed E-state index contributed by atoms with van der Waals surface area (Å²) < 4.78 is 8.75. The van der Waals surface area contributed by atoms with Crippen molar-refractivity contribution >= 4 is 34.2 Å². The Bertz CT molecular complexity index is 1490. The normalized spacial score (nSPS) is 11.1. The lowest BCUT2D eigenvalue weighted by Gasteiger charge is -2.15. The Hall–Kier alpha value is -3.58. The fourth-order valence-electron chi connectivity index (χ4n) is 4.51. The van der Waals surface area contributed by atoms with Crippen molar-refractivity contribution in [2.45, 2.75) is 47.1 Å². The molecule has 0 atom stereocenters. The largest absolute Gasteiger partial charge is 0.495 e. The van der Waals surface area contributed by atoms with Crippen LogP contribution in [-0.4, -0.2) is 27.4 Å². The monoisotopic (exact) mass is 492 g/mol. The predicted molar refractivity (Wildman–Crippen MR) is 140 cm³/mol. The van der Waals surface area contributed by atoms with Crippen LogP contribution >= 0.6 is 11.6 Å². The van der Waals surface area contributed by atoms with Crippen molar-refractivity contribution in [2.24, 2.45) is 0 Å². The van der Waals surface area contributed by atoms with E-state index in [-0.39, 0.29) is 17.9 Å². The maximum Gasteiger partial charge on any atom is 0.255 e. The number of aromatic nitrogens is 3. The lowest BCUT2D eigenvalue weighted by Crippen LogP contribution is -2.27. The van der Waals surface area contributed by atoms with E-state index >= 15 is 0 Å². The summed E-state index contributed by atoms with van der Waals surface area (Å²) in [5.41, 5.74) is 5.64. The summed E-state index contributed by atoms with van der Waals surface area (Å²) >= 11 is 6.16. The molecule has 0 saturated carbocycles. The SMILES string of the molecule is CCn1c(=O)c(CCC(=O)Nc2ccc(OC)c(Cl)c2)c(C)c2c(C)nn(-c3cccc(C)c3)c21. The van der Waals surface area contributed by atoms with Crippen molar-refractivity contribution in [2.75, 3.05) is 12.4 Å². The van der Waals surface area contributed by atoms with Crippen molar-refractivity contribution < 1.29 is 9.53 Å². The molecular formula is C27H29ClN4O3. The molecule has 182 valence electrons. The van der Waals surface area contributed by atoms with E-state index in [0.717, 1.165) is 33.5 Å². The summed E-state index contributed by atoms with van der Waals surface area (Å²) in [6, 6.07) is 13.1. The second-order valence-corrected chi connectivity index (χ2v) is 8.99. The average Bonchev–Trinajstić information content (AvgIpc) is 3.16. The molecule has 0 aliphatic rings. The molecule has 7 nitrogen and oxygen atoms in total. The van der Waals surface area contributed by atoms with Crippen molar-refractivity contribution in [1.29, 1.82) is 0 Å². The van der Waals surface area contributed by atoms with Crippen molar-refractivity contribution in [3.63, 3.8) is 0 Å². The van der Waals surface area contributed by atoms with Crippen molar-refractivity contribution in [3.05, 3.63) is 80.2 Å². The van der Waals surface area contributed by atoms with Gasteiger partial charge in [0, 0.05) is 29.6 Å². The highest BCUT2D eigenvalue weighted by Crippen LogP contribution is 2.28. The van der Waals surface area contributed by atoms with Crippen LogP contribution < -0.4 is 15.6 Å². The zero-order valence-electron chi connectivity index (χ0n) is 20.6. The third-order valence-corrected chi connectivity index (χ3v) is 6.52. The molecule has 4 aromatic rings. The third-order valence-electron chi connectivity index (χ3n) is 6.22. The Morgan fingerprint density at radius 1 is 1.14 bits per heavy atom. The van der Waals surface area contributed by atoms with Crippen molar-refractivity contribution in [3.8, 4) is 11.4 Å². The second-order valence-electron chi connectivity index (χ2n) is 8.59. The van der Waals surface area contributed by atoms with Gasteiger partial charge in [-0.25, -0.2) is 4.68 Å². The second kappa shape index (κ2) is 9.96. The van der Waals surface area contributed by atoms with Crippen LogP contribution in [0.5, 0.6) is 5.75 Å². The van der Waals surface area contributed by atoms with Gasteiger partial charge >= 0.3 is 0 Å². The maximum atomic E-state index is 13.5. The molecule has 0 aliphatic carbocycles. The van der Waals surface area contributed by atoms with E-state index in [1.54, 1.807) is 22.8 Å². The van der Waals surface area contributed by atoms with E-state index < -0.39 is 0 Å². The van der Waals surface area contributed by atoms with Crippen LogP contribution in [-0.2, 0) is 17.8 Å². The number of halogens is 1. The van der Waals surface area contributed by atoms with E-state index in [4.69, 9.17) is 21.4 Å². The number of nitrogens with one attached hydrogen (secondary N) is 1. The van der Waals surface area contributed by atoms with Gasteiger partial charge in [-0.15, -0.1) is 0 Å². The first-order valence-corrected chi connectivity index (χ1v) is 11.9. The zero-order valence-corrected chi connectivity index (χ0v) is 21.4. The van der Waals surface area contributed by atoms with Gasteiger partial charge in [-0.05, 0) is 75.6 Å². The number of aryl methyl sites for hydroxylation is 4. The number of ether oxygens (including phenoxy) is 1. The quantitative estimate of drug-likeness (QED) is 0.376. The first-order valence-electron chi connectivity index (χ1n) is 11.6. The minimum Gasteiger partial charge on any atom is -0.495 e. The van der Waals surface area contributed by atoms with Crippen LogP contribution in [0.1, 0.15) is 35.7 Å². The standard InChI is InChI=1S/C27H29ClN4O3/c1-6-31-26-25(18(4)30-32(26)20-9-7-8-16(2)14-20)17(3)21(27(31)34)11-13-24(33)29-19-10-12-23(35-5)22(28)15-19/h7-10,12,14-15H,6,11,13H2,1-5H3,(H,29,33). The minimum atomic E-state index is -0.194. The molecule has 2 aromatic carbocycles. The Kier molecular flexibility index (Phi) is 6.98. The summed E-state index contributed by atoms with van der Waals surface area (Å²) in [5.74, 6) is 0.343. The fourth-order valence-corrected chi connectivity index (χ4v) is 4.77. The van der Waals surface area contributed by atoms with Gasteiger partial charge in [0.1, 0.15) is 11.4 Å². The number of rotatable bonds is 7. The molecule has 0 radical (unpaired) electrons. The summed E-state index contributed by atoms with van der Waals surface area (Å²) in [5, 5.41) is 8.99. The minimum absolute atomic E-state index is 0.0911. The maximum absolute atomic E-state index is 13.5. The molecule has 2 aromatic heterocycles. The first-order chi connectivity index (χ1) is 16.7. The molecule has 0 fully saturated rings. The number of methoxy groups -OCH3 is 1. The number of pyridine rings is 1. The molecule has 0 bridgehead atoms. The van der Waals surface area contributed by atoms with Gasteiger partial charge in [-0.3, -0.25) is 14.2 Å². The molecule has 0 spiro atoms. The lowest BCUT2D eigenvalue weighted by molar-refractivity contribution is -0.116. The summed E-state index contributed by atoms with van der Waals surface area (Å²) in [6.45, 7) is 8.37. The Balaban J connectivity index is 1.67. The summed E-state index contributed by atoms with van der Waals surface area (Å²) in [7, 11) is 1.54. The Morgan fingerprint density at radius 3 is 2.57 bits per heavy atom. The van der Waals surface area contributed by atoms with Crippen LogP contribution in [0.3, 0.4) is 0 Å². The van der Waals surface area contributed by atoms with Gasteiger partial charge in [0.15, 0.2) is 0 Å². The third kappa shape index (κ3) is 4.68. The molecule has 1 N–H and O–H groups in total. The molecular weight excluding hydrogens is 464 g/mol. The number of benzene rings is 2. The molecule has 8 heteroatoms. The van der Waals surface area contributed by atoms with Crippen LogP contribution in [0.25, 0.3) is 16.7 Å². The summed E-state index contributed by atoms with van der Waals surface area (Å²) in [4.78, 5) is 26.2. The van der Waals surface area contributed by atoms with Gasteiger partial charge in [-0.2, -0.15) is 5.10 Å². The Labute approximate surface area is 209 Å². The Morgan fingerprint density at radius 2 is 1.91 bits per heavy atom. The van der Waals surface area contributed by atoms with Crippen LogP contribution in [0.2, 0.25) is 5.02 Å². The van der Waals surface area contributed by atoms with Crippen LogP contribution in [0, 0.1) is 20.8 Å². The first kappa shape index (κ1) is 24.5. The number of carbonyl (C=O) groups excluding carboxylic acids is 1. The average molecular weight is 493 g/mol. The molecule has 0 saturated heterocycles. The van der Waals surface area contributed by atoms with Gasteiger partial charge < -0.3 is 10.1 Å². The van der Waals surface area contributed by atoms with Gasteiger partial charge in [0.25, 0.3) is 5.56 Å². The number of anilines is 1. The number of hydrogen-bond acceptors (Lipinski definition) is 4. The highest BCUT2D eigenvalue weighted by Gasteiger charge is 2.21. The number of carbonyl (C=O) groups is 1. The number of amides is 1. The summed E-state index contributed by atoms with van der Waals surface area (Å²) in [6.07, 6.45) is 0.491. The molecule has 0 aliphatic heterocycles. The lowest BCUT2D eigenvalue weighted by atomic mass is 10.0. The van der Waals surface area contributed by atoms with E-state index in [1.807, 2.05) is 50.6 Å². The van der Waals surface area contributed by atoms with E-state index in [0.29, 0.717) is 35.0 Å². The molecule has 4 rings (SSSR count). The number of nitrogens with zero attached hydrogens (tertiary/aromatic N) is 3. The van der Waals surface area contributed by atoms with Crippen LogP contribution in [0.4, 0.5) is 5.69 Å². The van der Waals surface area contributed by atoms with E-state index in [9.17, 15) is 9.59 Å². The van der Waals surface area contributed by atoms with Crippen LogP contribution in [0.15, 0.2) is 47.3 Å². The number of hydrogen-bond donors (Lipinski definition) is 1. The molecule has 1 amide bonds. The number of fused-ring (bicyclic) bond motifs is 1. The highest BCUT2D eigenvalue weighted by atomic mass is 35.5. The van der Waals surface area contributed by atoms with E-state index in [1.165, 1.54) is 7.11 Å². The fraction of sp³-hybridized carbons (Fsp3) is 0.296. The smallest absolute Gasteiger partial charge is 0.255 e. The zero-order chi connectivity index (χ0) is 25.3. The molecule has 35 heavy (non-hydrogen) atoms.